The van der Waals surface area contributed by atoms with Gasteiger partial charge in [0.25, 0.3) is 12.3 Å². The molecular weight excluding hydrogens is 358 g/mol. The van der Waals surface area contributed by atoms with Crippen molar-refractivity contribution in [2.75, 3.05) is 7.11 Å². The molecule has 0 spiro atoms. The van der Waals surface area contributed by atoms with E-state index in [0.29, 0.717) is 11.3 Å². The first-order chi connectivity index (χ1) is 12.8. The average Bonchev–Trinajstić information content (AvgIpc) is 2.68. The highest BCUT2D eigenvalue weighted by molar-refractivity contribution is 5.82. The summed E-state index contributed by atoms with van der Waals surface area (Å²) >= 11 is 0. The molecule has 2 aromatic carbocycles. The highest BCUT2D eigenvalue weighted by Crippen LogP contribution is 2.28. The van der Waals surface area contributed by atoms with Crippen molar-refractivity contribution in [2.24, 2.45) is 0 Å². The quantitative estimate of drug-likeness (QED) is 0.417. The summed E-state index contributed by atoms with van der Waals surface area (Å²) in [5.74, 6) is -0.677. The van der Waals surface area contributed by atoms with E-state index in [1.807, 2.05) is 36.4 Å². The number of carbonyl (C=O) groups excluding carboxylic acids is 1. The number of hydrogen-bond acceptors (Lipinski definition) is 5. The van der Waals surface area contributed by atoms with Gasteiger partial charge in [-0.05, 0) is 24.1 Å². The molecule has 1 amide bonds. The van der Waals surface area contributed by atoms with E-state index in [9.17, 15) is 18.7 Å². The van der Waals surface area contributed by atoms with Crippen LogP contribution in [0.3, 0.4) is 0 Å². The Bertz CT molecular complexity index is 770. The Morgan fingerprint density at radius 1 is 1.19 bits per heavy atom. The van der Waals surface area contributed by atoms with Crippen LogP contribution < -0.4 is 15.5 Å². The van der Waals surface area contributed by atoms with Gasteiger partial charge in [0, 0.05) is 12.1 Å². The first-order valence-electron chi connectivity index (χ1n) is 8.21. The van der Waals surface area contributed by atoms with Crippen LogP contribution in [-0.4, -0.2) is 41.4 Å². The smallest absolute Gasteiger partial charge is 0.268 e. The third kappa shape index (κ3) is 4.79. The lowest BCUT2D eigenvalue weighted by Gasteiger charge is -2.31. The van der Waals surface area contributed by atoms with Crippen molar-refractivity contribution in [2.45, 2.75) is 31.5 Å². The number of methoxy groups -OCH3 is 1. The van der Waals surface area contributed by atoms with Gasteiger partial charge in [0.15, 0.2) is 0 Å². The lowest BCUT2D eigenvalue weighted by atomic mass is 9.95. The average molecular weight is 380 g/mol. The minimum Gasteiger partial charge on any atom is -0.496 e. The van der Waals surface area contributed by atoms with Crippen LogP contribution in [0.1, 0.15) is 12.5 Å². The van der Waals surface area contributed by atoms with E-state index in [2.05, 4.69) is 5.32 Å². The number of alkyl halides is 2. The van der Waals surface area contributed by atoms with Crippen LogP contribution in [0, 0.1) is 0 Å². The predicted octanol–water partition coefficient (Wildman–Crippen LogP) is 2.34. The molecule has 0 bridgehead atoms. The number of hydroxylamine groups is 1. The Labute approximate surface area is 155 Å². The molecule has 2 atom stereocenters. The fourth-order valence-electron chi connectivity index (χ4n) is 2.67. The maximum Gasteiger partial charge on any atom is 0.268 e. The summed E-state index contributed by atoms with van der Waals surface area (Å²) in [5, 5.41) is 21.3. The number of nitrogens with one attached hydrogen (secondary N) is 2. The van der Waals surface area contributed by atoms with Gasteiger partial charge in [-0.3, -0.25) is 15.3 Å². The molecule has 27 heavy (non-hydrogen) atoms. The minimum atomic E-state index is -3.20. The second-order valence-corrected chi connectivity index (χ2v) is 6.21. The molecule has 0 radical (unpaired) electrons. The molecule has 0 fully saturated rings. The summed E-state index contributed by atoms with van der Waals surface area (Å²) < 4.78 is 31.5. The molecule has 0 heterocycles. The predicted molar refractivity (Wildman–Crippen MR) is 95.6 cm³/mol. The zero-order valence-corrected chi connectivity index (χ0v) is 14.9. The first kappa shape index (κ1) is 20.8. The lowest BCUT2D eigenvalue weighted by molar-refractivity contribution is -0.150. The second kappa shape index (κ2) is 8.90. The van der Waals surface area contributed by atoms with Crippen LogP contribution in [0.25, 0.3) is 11.1 Å². The van der Waals surface area contributed by atoms with E-state index in [-0.39, 0.29) is 6.54 Å². The molecule has 8 heteroatoms. The number of halogens is 2. The Kier molecular flexibility index (Phi) is 6.84. The molecule has 0 saturated heterocycles. The number of ether oxygens (including phenoxy) is 1. The van der Waals surface area contributed by atoms with E-state index < -0.39 is 24.0 Å². The maximum absolute atomic E-state index is 13.1. The normalized spacial score (nSPS) is 14.5. The van der Waals surface area contributed by atoms with Gasteiger partial charge in [-0.2, -0.15) is 0 Å². The molecule has 4 N–H and O–H groups in total. The highest BCUT2D eigenvalue weighted by atomic mass is 19.3. The van der Waals surface area contributed by atoms with Crippen molar-refractivity contribution in [3.8, 4) is 16.9 Å². The lowest BCUT2D eigenvalue weighted by Crippen LogP contribution is -2.60. The maximum atomic E-state index is 13.1. The van der Waals surface area contributed by atoms with Crippen LogP contribution in [-0.2, 0) is 11.3 Å². The van der Waals surface area contributed by atoms with Crippen LogP contribution in [0.5, 0.6) is 5.75 Å². The summed E-state index contributed by atoms with van der Waals surface area (Å²) in [6.07, 6.45) is -3.20. The number of carbonyl (C=O) groups is 1. The molecule has 146 valence electrons. The molecule has 0 unspecified atom stereocenters. The van der Waals surface area contributed by atoms with E-state index in [4.69, 9.17) is 9.94 Å². The van der Waals surface area contributed by atoms with E-state index in [0.717, 1.165) is 18.1 Å². The fourth-order valence-corrected chi connectivity index (χ4v) is 2.67. The minimum absolute atomic E-state index is 0.0425. The molecule has 0 aliphatic rings. The van der Waals surface area contributed by atoms with Crippen molar-refractivity contribution >= 4 is 5.91 Å². The van der Waals surface area contributed by atoms with Crippen LogP contribution in [0.4, 0.5) is 8.78 Å². The van der Waals surface area contributed by atoms with Crippen molar-refractivity contribution in [3.05, 3.63) is 54.1 Å². The number of amides is 1. The topological polar surface area (TPSA) is 90.8 Å². The second-order valence-electron chi connectivity index (χ2n) is 6.21. The van der Waals surface area contributed by atoms with E-state index >= 15 is 0 Å². The van der Waals surface area contributed by atoms with Gasteiger partial charge >= 0.3 is 0 Å². The van der Waals surface area contributed by atoms with E-state index in [1.165, 1.54) is 12.6 Å². The van der Waals surface area contributed by atoms with Crippen LogP contribution >= 0.6 is 0 Å². The van der Waals surface area contributed by atoms with Gasteiger partial charge < -0.3 is 9.84 Å². The van der Waals surface area contributed by atoms with Crippen LogP contribution in [0.2, 0.25) is 0 Å². The Balaban J connectivity index is 2.24. The van der Waals surface area contributed by atoms with Crippen LogP contribution in [0.15, 0.2) is 48.5 Å². The fraction of sp³-hybridized carbons (Fsp3) is 0.316. The van der Waals surface area contributed by atoms with Gasteiger partial charge in [-0.15, -0.1) is 0 Å². The molecule has 0 aliphatic heterocycles. The summed E-state index contributed by atoms with van der Waals surface area (Å²) in [4.78, 5) is 11.7. The molecule has 6 nitrogen and oxygen atoms in total. The standard InChI is InChI=1S/C19H22F2N2O4/c1-19(25,18(20)21)16(17(24)23-26)22-11-14-9-8-13(10-15(14)27-2)12-6-4-3-5-7-12/h3-10,16,18,22,25-26H,11H2,1-2H3,(H,23,24)/t16-,19+/m1/s1. The third-order valence-corrected chi connectivity index (χ3v) is 4.29. The van der Waals surface area contributed by atoms with Gasteiger partial charge in [0.05, 0.1) is 7.11 Å². The van der Waals surface area contributed by atoms with Gasteiger partial charge in [-0.25, -0.2) is 14.3 Å². The van der Waals surface area contributed by atoms with Crippen molar-refractivity contribution in [1.82, 2.24) is 10.8 Å². The first-order valence-corrected chi connectivity index (χ1v) is 8.21. The summed E-state index contributed by atoms with van der Waals surface area (Å²) in [7, 11) is 1.47. The highest BCUT2D eigenvalue weighted by Gasteiger charge is 2.45. The molecule has 2 aromatic rings. The van der Waals surface area contributed by atoms with Crippen molar-refractivity contribution < 1.29 is 28.6 Å². The van der Waals surface area contributed by atoms with Gasteiger partial charge in [0.2, 0.25) is 0 Å². The summed E-state index contributed by atoms with van der Waals surface area (Å²) in [6, 6.07) is 13.2. The molecule has 0 aliphatic carbocycles. The molecule has 0 aromatic heterocycles. The van der Waals surface area contributed by atoms with Gasteiger partial charge in [0.1, 0.15) is 17.4 Å². The largest absolute Gasteiger partial charge is 0.496 e. The SMILES string of the molecule is COc1cc(-c2ccccc2)ccc1CN[C@H](C(=O)NO)[C@](C)(O)C(F)F. The summed E-state index contributed by atoms with van der Waals surface area (Å²) in [5.41, 5.74) is 1.10. The Hall–Kier alpha value is -2.55. The molecular formula is C19H22F2N2O4. The third-order valence-electron chi connectivity index (χ3n) is 4.29. The monoisotopic (exact) mass is 380 g/mol. The number of rotatable bonds is 8. The molecule has 2 rings (SSSR count). The Morgan fingerprint density at radius 3 is 2.41 bits per heavy atom. The number of benzene rings is 2. The zero-order valence-electron chi connectivity index (χ0n) is 14.9. The Morgan fingerprint density at radius 2 is 1.85 bits per heavy atom. The van der Waals surface area contributed by atoms with Crippen molar-refractivity contribution in [1.29, 1.82) is 0 Å². The zero-order chi connectivity index (χ0) is 20.0. The number of hydrogen-bond donors (Lipinski definition) is 4. The van der Waals surface area contributed by atoms with Crippen molar-refractivity contribution in [3.63, 3.8) is 0 Å². The molecule has 0 saturated carbocycles. The summed E-state index contributed by atoms with van der Waals surface area (Å²) in [6.45, 7) is 0.777. The van der Waals surface area contributed by atoms with E-state index in [1.54, 1.807) is 12.1 Å². The number of aliphatic hydroxyl groups is 1. The van der Waals surface area contributed by atoms with Gasteiger partial charge in [-0.1, -0.05) is 42.5 Å².